The van der Waals surface area contributed by atoms with Gasteiger partial charge in [-0.15, -0.1) is 11.8 Å². The third-order valence-corrected chi connectivity index (χ3v) is 3.39. The van der Waals surface area contributed by atoms with Crippen molar-refractivity contribution in [2.45, 2.75) is 47.0 Å². The van der Waals surface area contributed by atoms with Crippen LogP contribution in [0.1, 0.15) is 48.4 Å². The summed E-state index contributed by atoms with van der Waals surface area (Å²) in [4.78, 5) is 11.6. The van der Waals surface area contributed by atoms with Crippen LogP contribution in [0, 0.1) is 23.7 Å². The molecule has 0 rings (SSSR count). The van der Waals surface area contributed by atoms with Crippen LogP contribution in [0.15, 0.2) is 0 Å². The van der Waals surface area contributed by atoms with Crippen LogP contribution >= 0.6 is 0 Å². The maximum Gasteiger partial charge on any atom is 0.221 e. The highest BCUT2D eigenvalue weighted by Crippen LogP contribution is 1.98. The number of carbonyl (C=O) groups excluding carboxylic acids is 1. The Morgan fingerprint density at radius 3 is 1.89 bits per heavy atom. The first-order chi connectivity index (χ1) is 13.0. The van der Waals surface area contributed by atoms with Gasteiger partial charge in [0.25, 0.3) is 0 Å². The highest BCUT2D eigenvalue weighted by Gasteiger charge is 1.99. The third-order valence-electron chi connectivity index (χ3n) is 3.39. The van der Waals surface area contributed by atoms with Crippen LogP contribution in [0.2, 0.25) is 0 Å². The number of nitrogens with one attached hydrogen (secondary N) is 1. The predicted molar refractivity (Wildman–Crippen MR) is 110 cm³/mol. The summed E-state index contributed by atoms with van der Waals surface area (Å²) in [5.74, 6) is 7.07. The predicted octanol–water partition coefficient (Wildman–Crippen LogP) is 2.90. The van der Waals surface area contributed by atoms with E-state index < -0.39 is 0 Å². The molecule has 6 nitrogen and oxygen atoms in total. The fourth-order valence-electron chi connectivity index (χ4n) is 1.88. The molecule has 0 bridgehead atoms. The summed E-state index contributed by atoms with van der Waals surface area (Å²) in [6, 6.07) is 0. The molecule has 0 radical (unpaired) electrons. The quantitative estimate of drug-likeness (QED) is 0.307. The smallest absolute Gasteiger partial charge is 0.221 e. The minimum absolute atomic E-state index is 0. The zero-order valence-corrected chi connectivity index (χ0v) is 17.7. The lowest BCUT2D eigenvalue weighted by molar-refractivity contribution is -0.121. The first-order valence-corrected chi connectivity index (χ1v) is 10.1. The number of carbonyl (C=O) groups is 1. The molecule has 0 atom stereocenters. The number of ether oxygens (including phenoxy) is 4. The second-order valence-electron chi connectivity index (χ2n) is 6.96. The second-order valence-corrected chi connectivity index (χ2v) is 6.96. The number of amides is 1. The van der Waals surface area contributed by atoms with Gasteiger partial charge in [-0.1, -0.05) is 27.7 Å². The van der Waals surface area contributed by atoms with Crippen LogP contribution in [-0.4, -0.2) is 65.3 Å². The van der Waals surface area contributed by atoms with Gasteiger partial charge in [-0.2, -0.15) is 0 Å². The van der Waals surface area contributed by atoms with Crippen molar-refractivity contribution in [1.82, 2.24) is 5.32 Å². The van der Waals surface area contributed by atoms with Crippen molar-refractivity contribution >= 4 is 5.91 Å². The van der Waals surface area contributed by atoms with E-state index in [1.54, 1.807) is 0 Å². The summed E-state index contributed by atoms with van der Waals surface area (Å²) >= 11 is 0. The van der Waals surface area contributed by atoms with E-state index in [0.29, 0.717) is 77.5 Å². The largest absolute Gasteiger partial charge is 0.379 e. The summed E-state index contributed by atoms with van der Waals surface area (Å²) in [6.45, 7) is 13.6. The van der Waals surface area contributed by atoms with Gasteiger partial charge >= 0.3 is 0 Å². The standard InChI is InChI=1S/C21H39NO5.H2/c1-19(2)7-5-6-8-21(23)22-10-12-25-14-16-27-18-17-26-15-13-24-11-9-20(3)4;/h19-20H,6,8-18H2,1-4H3,(H,22,23);1H. The van der Waals surface area contributed by atoms with Crippen molar-refractivity contribution in [3.8, 4) is 11.8 Å². The lowest BCUT2D eigenvalue weighted by Gasteiger charge is -2.08. The molecule has 0 aliphatic rings. The van der Waals surface area contributed by atoms with E-state index in [1.165, 1.54) is 0 Å². The Bertz CT molecular complexity index is 407. The van der Waals surface area contributed by atoms with E-state index in [1.807, 2.05) is 13.8 Å². The van der Waals surface area contributed by atoms with Gasteiger partial charge < -0.3 is 24.3 Å². The monoisotopic (exact) mass is 387 g/mol. The van der Waals surface area contributed by atoms with Gasteiger partial charge in [-0.3, -0.25) is 4.79 Å². The average Bonchev–Trinajstić information content (AvgIpc) is 2.61. The molecule has 1 N–H and O–H groups in total. The Kier molecular flexibility index (Phi) is 18.8. The van der Waals surface area contributed by atoms with Crippen molar-refractivity contribution in [1.29, 1.82) is 0 Å². The molecule has 27 heavy (non-hydrogen) atoms. The normalized spacial score (nSPS) is 10.9. The maximum absolute atomic E-state index is 11.6. The van der Waals surface area contributed by atoms with E-state index in [0.717, 1.165) is 13.0 Å². The van der Waals surface area contributed by atoms with Crippen LogP contribution < -0.4 is 5.32 Å². The molecule has 1 amide bonds. The fourth-order valence-corrected chi connectivity index (χ4v) is 1.88. The zero-order chi connectivity index (χ0) is 20.2. The molecule has 6 heteroatoms. The Labute approximate surface area is 167 Å². The summed E-state index contributed by atoms with van der Waals surface area (Å²) in [5, 5.41) is 2.81. The second kappa shape index (κ2) is 19.6. The van der Waals surface area contributed by atoms with Gasteiger partial charge in [0.15, 0.2) is 0 Å². The van der Waals surface area contributed by atoms with Crippen LogP contribution in [0.3, 0.4) is 0 Å². The summed E-state index contributed by atoms with van der Waals surface area (Å²) in [5.41, 5.74) is 0. The third kappa shape index (κ3) is 22.8. The Morgan fingerprint density at radius 2 is 1.37 bits per heavy atom. The molecule has 0 fully saturated rings. The van der Waals surface area contributed by atoms with E-state index in [9.17, 15) is 4.79 Å². The molecule has 0 heterocycles. The van der Waals surface area contributed by atoms with E-state index in [-0.39, 0.29) is 7.33 Å². The molecule has 160 valence electrons. The van der Waals surface area contributed by atoms with E-state index >= 15 is 0 Å². The molecule has 0 aromatic carbocycles. The van der Waals surface area contributed by atoms with Crippen molar-refractivity contribution in [3.63, 3.8) is 0 Å². The summed E-state index contributed by atoms with van der Waals surface area (Å²) in [7, 11) is 0. The molecule has 0 unspecified atom stereocenters. The maximum atomic E-state index is 11.6. The van der Waals surface area contributed by atoms with Crippen LogP contribution in [0.4, 0.5) is 0 Å². The highest BCUT2D eigenvalue weighted by molar-refractivity contribution is 5.76. The van der Waals surface area contributed by atoms with E-state index in [2.05, 4.69) is 31.0 Å². The van der Waals surface area contributed by atoms with Gasteiger partial charge in [-0.05, 0) is 12.3 Å². The topological polar surface area (TPSA) is 66.0 Å². The first kappa shape index (κ1) is 25.9. The average molecular weight is 388 g/mol. The zero-order valence-electron chi connectivity index (χ0n) is 17.7. The van der Waals surface area contributed by atoms with Gasteiger partial charge in [-0.25, -0.2) is 0 Å². The van der Waals surface area contributed by atoms with Gasteiger partial charge in [0.2, 0.25) is 5.91 Å². The lowest BCUT2D eigenvalue weighted by atomic mass is 10.1. The number of hydrogen-bond donors (Lipinski definition) is 1. The minimum atomic E-state index is 0. The minimum Gasteiger partial charge on any atom is -0.379 e. The van der Waals surface area contributed by atoms with Gasteiger partial charge in [0.1, 0.15) is 0 Å². The van der Waals surface area contributed by atoms with Crippen molar-refractivity contribution in [2.24, 2.45) is 11.8 Å². The van der Waals surface area contributed by atoms with Crippen LogP contribution in [0.25, 0.3) is 0 Å². The molecule has 0 aromatic heterocycles. The summed E-state index contributed by atoms with van der Waals surface area (Å²) in [6.07, 6.45) is 2.12. The number of hydrogen-bond acceptors (Lipinski definition) is 5. The van der Waals surface area contributed by atoms with Gasteiger partial charge in [0.05, 0.1) is 46.2 Å². The molecule has 0 saturated heterocycles. The van der Waals surface area contributed by atoms with Gasteiger partial charge in [0, 0.05) is 33.3 Å². The Balaban J connectivity index is 0. The van der Waals surface area contributed by atoms with Crippen molar-refractivity contribution in [2.75, 3.05) is 59.4 Å². The van der Waals surface area contributed by atoms with Crippen LogP contribution in [0.5, 0.6) is 0 Å². The first-order valence-electron chi connectivity index (χ1n) is 10.1. The Hall–Kier alpha value is -1.13. The van der Waals surface area contributed by atoms with Crippen molar-refractivity contribution < 1.29 is 25.2 Å². The molecule has 0 aliphatic carbocycles. The molecule has 0 aromatic rings. The Morgan fingerprint density at radius 1 is 0.852 bits per heavy atom. The summed E-state index contributed by atoms with van der Waals surface area (Å²) < 4.78 is 21.7. The highest BCUT2D eigenvalue weighted by atomic mass is 16.6. The molecule has 0 spiro atoms. The lowest BCUT2D eigenvalue weighted by Crippen LogP contribution is -2.27. The number of rotatable bonds is 17. The SMILES string of the molecule is CC(C)C#CCCC(=O)NCCOCCOCCOCCOCCC(C)C.[HH]. The molecule has 0 aliphatic heterocycles. The van der Waals surface area contributed by atoms with Crippen molar-refractivity contribution in [3.05, 3.63) is 0 Å². The van der Waals surface area contributed by atoms with Crippen LogP contribution in [-0.2, 0) is 23.7 Å². The molecular formula is C21H41NO5. The van der Waals surface area contributed by atoms with E-state index in [4.69, 9.17) is 18.9 Å². The molecule has 0 saturated carbocycles. The molecular weight excluding hydrogens is 346 g/mol. The fraction of sp³-hybridized carbons (Fsp3) is 0.857.